The maximum Gasteiger partial charge on any atom is 0.259 e. The van der Waals surface area contributed by atoms with Crippen LogP contribution in [0.5, 0.6) is 0 Å². The van der Waals surface area contributed by atoms with Crippen molar-refractivity contribution < 1.29 is 14.4 Å². The van der Waals surface area contributed by atoms with Crippen LogP contribution in [0, 0.1) is 0 Å². The highest BCUT2D eigenvalue weighted by Crippen LogP contribution is 2.30. The fourth-order valence-electron chi connectivity index (χ4n) is 2.71. The van der Waals surface area contributed by atoms with Gasteiger partial charge < -0.3 is 14.5 Å². The summed E-state index contributed by atoms with van der Waals surface area (Å²) in [6.07, 6.45) is 1.44. The molecule has 0 aliphatic carbocycles. The molecule has 1 atom stereocenters. The van der Waals surface area contributed by atoms with Gasteiger partial charge in [0.05, 0.1) is 0 Å². The zero-order chi connectivity index (χ0) is 18.5. The van der Waals surface area contributed by atoms with Crippen molar-refractivity contribution in [3.63, 3.8) is 0 Å². The molecule has 1 aromatic carbocycles. The van der Waals surface area contributed by atoms with Gasteiger partial charge in [0.1, 0.15) is 17.4 Å². The normalized spacial score (nSPS) is 12.0. The quantitative estimate of drug-likeness (QED) is 0.738. The maximum absolute atomic E-state index is 13.0. The van der Waals surface area contributed by atoms with Gasteiger partial charge in [0, 0.05) is 37.5 Å². The van der Waals surface area contributed by atoms with Gasteiger partial charge in [-0.25, -0.2) is 0 Å². The van der Waals surface area contributed by atoms with Crippen molar-refractivity contribution in [2.75, 3.05) is 13.6 Å². The fourth-order valence-corrected chi connectivity index (χ4v) is 2.71. The zero-order valence-corrected chi connectivity index (χ0v) is 14.8. The van der Waals surface area contributed by atoms with Gasteiger partial charge in [-0.05, 0) is 19.1 Å². The van der Waals surface area contributed by atoms with E-state index in [9.17, 15) is 9.90 Å². The Bertz CT molecular complexity index is 861. The number of hydrogen-bond donors (Lipinski definition) is 1. The lowest BCUT2D eigenvalue weighted by Gasteiger charge is -2.17. The van der Waals surface area contributed by atoms with Crippen molar-refractivity contribution in [1.29, 1.82) is 0 Å². The second-order valence-electron chi connectivity index (χ2n) is 6.11. The molecule has 6 heteroatoms. The SMILES string of the molecule is CC(O)c1onc(-c2ccccc2)c1C(=O)N(C)CCc1ccccn1. The van der Waals surface area contributed by atoms with Crippen molar-refractivity contribution in [2.24, 2.45) is 0 Å². The minimum absolute atomic E-state index is 0.179. The molecular weight excluding hydrogens is 330 g/mol. The molecule has 2 aromatic heterocycles. The molecule has 0 aliphatic rings. The first-order valence-corrected chi connectivity index (χ1v) is 8.46. The molecule has 0 fully saturated rings. The summed E-state index contributed by atoms with van der Waals surface area (Å²) >= 11 is 0. The fraction of sp³-hybridized carbons (Fsp3) is 0.250. The van der Waals surface area contributed by atoms with E-state index in [2.05, 4.69) is 10.1 Å². The minimum Gasteiger partial charge on any atom is -0.385 e. The Morgan fingerprint density at radius 2 is 1.92 bits per heavy atom. The average Bonchev–Trinajstić information content (AvgIpc) is 3.12. The van der Waals surface area contributed by atoms with Crippen LogP contribution in [-0.2, 0) is 6.42 Å². The number of likely N-dealkylation sites (N-methyl/N-ethyl adjacent to an activating group) is 1. The van der Waals surface area contributed by atoms with Gasteiger partial charge in [0.2, 0.25) is 0 Å². The molecule has 0 saturated carbocycles. The number of amides is 1. The number of aliphatic hydroxyl groups excluding tert-OH is 1. The van der Waals surface area contributed by atoms with Crippen LogP contribution in [0.3, 0.4) is 0 Å². The summed E-state index contributed by atoms with van der Waals surface area (Å²) in [4.78, 5) is 18.9. The molecule has 3 rings (SSSR count). The maximum atomic E-state index is 13.0. The average molecular weight is 351 g/mol. The van der Waals surface area contributed by atoms with Crippen LogP contribution in [0.25, 0.3) is 11.3 Å². The molecule has 1 N–H and O–H groups in total. The predicted octanol–water partition coefficient (Wildman–Crippen LogP) is 3.10. The molecule has 134 valence electrons. The monoisotopic (exact) mass is 351 g/mol. The third kappa shape index (κ3) is 3.81. The molecule has 2 heterocycles. The van der Waals surface area contributed by atoms with Crippen LogP contribution in [0.2, 0.25) is 0 Å². The third-order valence-electron chi connectivity index (χ3n) is 4.14. The number of aromatic nitrogens is 2. The van der Waals surface area contributed by atoms with E-state index in [4.69, 9.17) is 4.52 Å². The van der Waals surface area contributed by atoms with Gasteiger partial charge in [-0.2, -0.15) is 0 Å². The Kier molecular flexibility index (Phi) is 5.43. The smallest absolute Gasteiger partial charge is 0.259 e. The number of pyridine rings is 1. The van der Waals surface area contributed by atoms with E-state index in [-0.39, 0.29) is 11.7 Å². The molecule has 0 spiro atoms. The van der Waals surface area contributed by atoms with Gasteiger partial charge in [-0.15, -0.1) is 0 Å². The largest absolute Gasteiger partial charge is 0.385 e. The second-order valence-corrected chi connectivity index (χ2v) is 6.11. The van der Waals surface area contributed by atoms with Crippen LogP contribution >= 0.6 is 0 Å². The van der Waals surface area contributed by atoms with E-state index in [1.807, 2.05) is 48.5 Å². The van der Waals surface area contributed by atoms with E-state index in [0.29, 0.717) is 24.2 Å². The van der Waals surface area contributed by atoms with Crippen LogP contribution in [0.15, 0.2) is 59.3 Å². The van der Waals surface area contributed by atoms with E-state index < -0.39 is 6.10 Å². The Morgan fingerprint density at radius 3 is 2.58 bits per heavy atom. The van der Waals surface area contributed by atoms with Crippen molar-refractivity contribution in [3.05, 3.63) is 71.7 Å². The van der Waals surface area contributed by atoms with Gasteiger partial charge in [0.25, 0.3) is 5.91 Å². The van der Waals surface area contributed by atoms with Gasteiger partial charge in [0.15, 0.2) is 5.76 Å². The summed E-state index contributed by atoms with van der Waals surface area (Å²) in [7, 11) is 1.72. The summed E-state index contributed by atoms with van der Waals surface area (Å²) < 4.78 is 5.29. The van der Waals surface area contributed by atoms with Crippen molar-refractivity contribution in [1.82, 2.24) is 15.0 Å². The number of nitrogens with zero attached hydrogens (tertiary/aromatic N) is 3. The minimum atomic E-state index is -0.928. The Balaban J connectivity index is 1.86. The molecule has 1 unspecified atom stereocenters. The van der Waals surface area contributed by atoms with E-state index in [1.165, 1.54) is 0 Å². The Morgan fingerprint density at radius 1 is 1.19 bits per heavy atom. The zero-order valence-electron chi connectivity index (χ0n) is 14.8. The number of rotatable bonds is 6. The van der Waals surface area contributed by atoms with Gasteiger partial charge in [-0.3, -0.25) is 9.78 Å². The molecule has 0 aliphatic heterocycles. The van der Waals surface area contributed by atoms with E-state index >= 15 is 0 Å². The first kappa shape index (κ1) is 17.8. The lowest BCUT2D eigenvalue weighted by molar-refractivity contribution is 0.0784. The second kappa shape index (κ2) is 7.93. The van der Waals surface area contributed by atoms with Gasteiger partial charge in [-0.1, -0.05) is 41.6 Å². The van der Waals surface area contributed by atoms with Crippen molar-refractivity contribution in [2.45, 2.75) is 19.4 Å². The summed E-state index contributed by atoms with van der Waals surface area (Å²) in [6.45, 7) is 2.05. The molecule has 0 bridgehead atoms. The molecule has 3 aromatic rings. The molecule has 0 radical (unpaired) electrons. The highest BCUT2D eigenvalue weighted by Gasteiger charge is 2.28. The van der Waals surface area contributed by atoms with Crippen LogP contribution < -0.4 is 0 Å². The van der Waals surface area contributed by atoms with Gasteiger partial charge >= 0.3 is 0 Å². The van der Waals surface area contributed by atoms with E-state index in [0.717, 1.165) is 11.3 Å². The number of carbonyl (C=O) groups is 1. The lowest BCUT2D eigenvalue weighted by atomic mass is 10.0. The first-order valence-electron chi connectivity index (χ1n) is 8.46. The number of hydrogen-bond acceptors (Lipinski definition) is 5. The molecule has 1 amide bonds. The van der Waals surface area contributed by atoms with Crippen molar-refractivity contribution >= 4 is 5.91 Å². The third-order valence-corrected chi connectivity index (χ3v) is 4.14. The van der Waals surface area contributed by atoms with Crippen LogP contribution in [0.1, 0.15) is 34.8 Å². The Hall–Kier alpha value is -2.99. The molecule has 26 heavy (non-hydrogen) atoms. The molecule has 0 saturated heterocycles. The summed E-state index contributed by atoms with van der Waals surface area (Å²) in [6, 6.07) is 15.0. The summed E-state index contributed by atoms with van der Waals surface area (Å²) in [5.41, 5.74) is 2.42. The topological polar surface area (TPSA) is 79.5 Å². The number of benzene rings is 1. The summed E-state index contributed by atoms with van der Waals surface area (Å²) in [5.74, 6) is -0.0597. The lowest BCUT2D eigenvalue weighted by Crippen LogP contribution is -2.30. The number of carbonyl (C=O) groups excluding carboxylic acids is 1. The molecular formula is C20H21N3O3. The predicted molar refractivity (Wildman–Crippen MR) is 97.5 cm³/mol. The highest BCUT2D eigenvalue weighted by molar-refractivity contribution is 6.00. The van der Waals surface area contributed by atoms with E-state index in [1.54, 1.807) is 25.1 Å². The standard InChI is InChI=1S/C20H21N3O3/c1-14(24)19-17(18(22-26-19)15-8-4-3-5-9-15)20(25)23(2)13-11-16-10-6-7-12-21-16/h3-10,12,14,24H,11,13H2,1-2H3. The van der Waals surface area contributed by atoms with Crippen LogP contribution in [-0.4, -0.2) is 39.6 Å². The van der Waals surface area contributed by atoms with Crippen LogP contribution in [0.4, 0.5) is 0 Å². The molecule has 6 nitrogen and oxygen atoms in total. The van der Waals surface area contributed by atoms with Crippen molar-refractivity contribution in [3.8, 4) is 11.3 Å². The summed E-state index contributed by atoms with van der Waals surface area (Å²) in [5, 5.41) is 14.0. The highest BCUT2D eigenvalue weighted by atomic mass is 16.5. The Labute approximate surface area is 152 Å². The number of aliphatic hydroxyl groups is 1. The first-order chi connectivity index (χ1) is 12.6.